The van der Waals surface area contributed by atoms with Crippen LogP contribution in [0.5, 0.6) is 0 Å². The van der Waals surface area contributed by atoms with Crippen molar-refractivity contribution in [2.45, 2.75) is 43.7 Å². The minimum atomic E-state index is 0.219. The summed E-state index contributed by atoms with van der Waals surface area (Å²) < 4.78 is 7.10. The molecule has 1 N–H and O–H groups in total. The van der Waals surface area contributed by atoms with E-state index in [1.165, 1.54) is 24.9 Å². The molecule has 1 heterocycles. The largest absolute Gasteiger partial charge is 0.381 e. The van der Waals surface area contributed by atoms with Gasteiger partial charge in [-0.1, -0.05) is 12.1 Å². The Kier molecular flexibility index (Phi) is 3.14. The van der Waals surface area contributed by atoms with Gasteiger partial charge < -0.3 is 10.1 Å². The van der Waals surface area contributed by atoms with Crippen molar-refractivity contribution in [2.24, 2.45) is 0 Å². The molecule has 0 bridgehead atoms. The summed E-state index contributed by atoms with van der Waals surface area (Å²) in [5.41, 5.74) is 1.42. The maximum Gasteiger partial charge on any atom is 0.0702 e. The molecule has 1 unspecified atom stereocenters. The lowest BCUT2D eigenvalue weighted by atomic mass is 9.74. The van der Waals surface area contributed by atoms with E-state index in [0.29, 0.717) is 6.04 Å². The first-order valence-electron chi connectivity index (χ1n) is 6.42. The van der Waals surface area contributed by atoms with Gasteiger partial charge in [0.25, 0.3) is 0 Å². The SMILES string of the molecule is Brc1ccccc1NC1CCOC2(CCC2)C1. The summed E-state index contributed by atoms with van der Waals surface area (Å²) in [7, 11) is 0. The number of anilines is 1. The summed E-state index contributed by atoms with van der Waals surface area (Å²) in [6.07, 6.45) is 6.11. The summed E-state index contributed by atoms with van der Waals surface area (Å²) in [4.78, 5) is 0. The topological polar surface area (TPSA) is 21.3 Å². The molecule has 1 aliphatic carbocycles. The molecule has 0 aromatic heterocycles. The summed E-state index contributed by atoms with van der Waals surface area (Å²) in [5, 5.41) is 3.65. The quantitative estimate of drug-likeness (QED) is 0.892. The third kappa shape index (κ3) is 2.36. The lowest BCUT2D eigenvalue weighted by molar-refractivity contribution is -0.130. The number of para-hydroxylation sites is 1. The van der Waals surface area contributed by atoms with Gasteiger partial charge in [-0.25, -0.2) is 0 Å². The van der Waals surface area contributed by atoms with E-state index in [2.05, 4.69) is 39.4 Å². The zero-order chi connectivity index (χ0) is 11.7. The van der Waals surface area contributed by atoms with Gasteiger partial charge in [0.2, 0.25) is 0 Å². The maximum absolute atomic E-state index is 5.95. The van der Waals surface area contributed by atoms with Gasteiger partial charge in [-0.15, -0.1) is 0 Å². The fourth-order valence-corrected chi connectivity index (χ4v) is 3.27. The molecule has 1 atom stereocenters. The van der Waals surface area contributed by atoms with E-state index in [0.717, 1.165) is 23.9 Å². The normalized spacial score (nSPS) is 26.5. The number of hydrogen-bond donors (Lipinski definition) is 1. The van der Waals surface area contributed by atoms with E-state index < -0.39 is 0 Å². The number of nitrogens with one attached hydrogen (secondary N) is 1. The van der Waals surface area contributed by atoms with E-state index in [1.807, 2.05) is 6.07 Å². The molecule has 3 rings (SSSR count). The lowest BCUT2D eigenvalue weighted by Gasteiger charge is -2.47. The van der Waals surface area contributed by atoms with Crippen LogP contribution in [0.4, 0.5) is 5.69 Å². The second-order valence-electron chi connectivity index (χ2n) is 5.20. The van der Waals surface area contributed by atoms with Crippen molar-refractivity contribution >= 4 is 21.6 Å². The number of benzene rings is 1. The van der Waals surface area contributed by atoms with Crippen LogP contribution in [0.25, 0.3) is 0 Å². The van der Waals surface area contributed by atoms with Gasteiger partial charge in [-0.05, 0) is 60.2 Å². The highest BCUT2D eigenvalue weighted by Gasteiger charge is 2.42. The molecule has 17 heavy (non-hydrogen) atoms. The third-order valence-electron chi connectivity index (χ3n) is 3.99. The molecule has 92 valence electrons. The first-order chi connectivity index (χ1) is 8.27. The Balaban J connectivity index is 1.67. The monoisotopic (exact) mass is 295 g/mol. The van der Waals surface area contributed by atoms with Crippen molar-refractivity contribution in [3.63, 3.8) is 0 Å². The number of halogens is 1. The maximum atomic E-state index is 5.95. The molecule has 2 nitrogen and oxygen atoms in total. The molecular weight excluding hydrogens is 278 g/mol. The Bertz CT molecular complexity index is 403. The van der Waals surface area contributed by atoms with Gasteiger partial charge in [0.15, 0.2) is 0 Å². The third-order valence-corrected chi connectivity index (χ3v) is 4.68. The predicted octanol–water partition coefficient (Wildman–Crippen LogP) is 3.96. The second kappa shape index (κ2) is 4.62. The molecule has 2 fully saturated rings. The van der Waals surface area contributed by atoms with Gasteiger partial charge in [-0.2, -0.15) is 0 Å². The van der Waals surface area contributed by atoms with Crippen LogP contribution in [0, 0.1) is 0 Å². The van der Waals surface area contributed by atoms with Gasteiger partial charge in [0.05, 0.1) is 5.60 Å². The first kappa shape index (κ1) is 11.5. The van der Waals surface area contributed by atoms with Crippen molar-refractivity contribution in [1.82, 2.24) is 0 Å². The molecule has 1 aliphatic heterocycles. The molecule has 1 aromatic rings. The number of ether oxygens (including phenoxy) is 1. The zero-order valence-corrected chi connectivity index (χ0v) is 11.5. The molecule has 1 spiro atoms. The van der Waals surface area contributed by atoms with Crippen LogP contribution < -0.4 is 5.32 Å². The highest BCUT2D eigenvalue weighted by atomic mass is 79.9. The van der Waals surface area contributed by atoms with Gasteiger partial charge in [0.1, 0.15) is 0 Å². The summed E-state index contributed by atoms with van der Waals surface area (Å²) in [6.45, 7) is 0.905. The van der Waals surface area contributed by atoms with Crippen LogP contribution >= 0.6 is 15.9 Å². The minimum absolute atomic E-state index is 0.219. The molecule has 1 aromatic carbocycles. The summed E-state index contributed by atoms with van der Waals surface area (Å²) in [5.74, 6) is 0. The average molecular weight is 296 g/mol. The first-order valence-corrected chi connectivity index (χ1v) is 7.22. The highest BCUT2D eigenvalue weighted by molar-refractivity contribution is 9.10. The summed E-state index contributed by atoms with van der Waals surface area (Å²) in [6, 6.07) is 8.90. The van der Waals surface area contributed by atoms with Crippen LogP contribution in [0.1, 0.15) is 32.1 Å². The molecule has 0 amide bonds. The van der Waals surface area contributed by atoms with E-state index >= 15 is 0 Å². The van der Waals surface area contributed by atoms with Crippen LogP contribution in [0.3, 0.4) is 0 Å². The Morgan fingerprint density at radius 1 is 1.29 bits per heavy atom. The van der Waals surface area contributed by atoms with E-state index in [-0.39, 0.29) is 5.60 Å². The predicted molar refractivity (Wildman–Crippen MR) is 73.3 cm³/mol. The van der Waals surface area contributed by atoms with E-state index in [9.17, 15) is 0 Å². The van der Waals surface area contributed by atoms with Crippen molar-refractivity contribution < 1.29 is 4.74 Å². The van der Waals surface area contributed by atoms with E-state index in [1.54, 1.807) is 0 Å². The van der Waals surface area contributed by atoms with E-state index in [4.69, 9.17) is 4.74 Å². The Morgan fingerprint density at radius 3 is 2.82 bits per heavy atom. The smallest absolute Gasteiger partial charge is 0.0702 e. The second-order valence-corrected chi connectivity index (χ2v) is 6.05. The van der Waals surface area contributed by atoms with Crippen molar-refractivity contribution in [1.29, 1.82) is 0 Å². The fraction of sp³-hybridized carbons (Fsp3) is 0.571. The highest BCUT2D eigenvalue weighted by Crippen LogP contribution is 2.43. The molecule has 2 aliphatic rings. The van der Waals surface area contributed by atoms with Gasteiger partial charge in [-0.3, -0.25) is 0 Å². The minimum Gasteiger partial charge on any atom is -0.381 e. The van der Waals surface area contributed by atoms with Crippen LogP contribution in [-0.2, 0) is 4.74 Å². The summed E-state index contributed by atoms with van der Waals surface area (Å²) >= 11 is 3.59. The van der Waals surface area contributed by atoms with Crippen molar-refractivity contribution in [3.05, 3.63) is 28.7 Å². The molecule has 1 saturated heterocycles. The van der Waals surface area contributed by atoms with Gasteiger partial charge in [0, 0.05) is 22.8 Å². The van der Waals surface area contributed by atoms with Crippen LogP contribution in [-0.4, -0.2) is 18.2 Å². The zero-order valence-electron chi connectivity index (χ0n) is 9.92. The lowest BCUT2D eigenvalue weighted by Crippen LogP contribution is -2.49. The molecule has 3 heteroatoms. The standard InChI is InChI=1S/C14H18BrNO/c15-12-4-1-2-5-13(12)16-11-6-9-17-14(10-11)7-3-8-14/h1-2,4-5,11,16H,3,6-10H2. The molecule has 0 radical (unpaired) electrons. The van der Waals surface area contributed by atoms with Gasteiger partial charge >= 0.3 is 0 Å². The average Bonchev–Trinajstić information content (AvgIpc) is 2.31. The molecule has 1 saturated carbocycles. The van der Waals surface area contributed by atoms with Crippen LogP contribution in [0.15, 0.2) is 28.7 Å². The Hall–Kier alpha value is -0.540. The number of hydrogen-bond acceptors (Lipinski definition) is 2. The van der Waals surface area contributed by atoms with Crippen molar-refractivity contribution in [3.8, 4) is 0 Å². The number of rotatable bonds is 2. The fourth-order valence-electron chi connectivity index (χ4n) is 2.87. The van der Waals surface area contributed by atoms with Crippen LogP contribution in [0.2, 0.25) is 0 Å². The van der Waals surface area contributed by atoms with Crippen molar-refractivity contribution in [2.75, 3.05) is 11.9 Å². The Morgan fingerprint density at radius 2 is 2.12 bits per heavy atom. The molecular formula is C14H18BrNO. The Labute approximate surface area is 111 Å².